The molecule has 0 atom stereocenters. The molecule has 0 unspecified atom stereocenters. The van der Waals surface area contributed by atoms with Crippen LogP contribution < -0.4 is 15.4 Å². The van der Waals surface area contributed by atoms with Gasteiger partial charge in [0, 0.05) is 11.8 Å². The predicted octanol–water partition coefficient (Wildman–Crippen LogP) is 1.86. The Hall–Kier alpha value is -3.54. The summed E-state index contributed by atoms with van der Waals surface area (Å²) >= 11 is 1.12. The van der Waals surface area contributed by atoms with Crippen LogP contribution in [0.5, 0.6) is 5.75 Å². The van der Waals surface area contributed by atoms with Gasteiger partial charge in [0.1, 0.15) is 5.75 Å². The molecular weight excluding hydrogens is 430 g/mol. The fourth-order valence-electron chi connectivity index (χ4n) is 2.44. The van der Waals surface area contributed by atoms with Crippen LogP contribution in [-0.2, 0) is 16.1 Å². The summed E-state index contributed by atoms with van der Waals surface area (Å²) in [5.41, 5.74) is 1.04. The fraction of sp³-hybridized carbons (Fsp3) is 0.211. The molecule has 3 aromatic rings. The summed E-state index contributed by atoms with van der Waals surface area (Å²) in [4.78, 5) is 23.9. The molecule has 2 aromatic carbocycles. The second kappa shape index (κ2) is 10.5. The number of nitrogens with zero attached hydrogens (tertiary/aromatic N) is 4. The van der Waals surface area contributed by atoms with Gasteiger partial charge in [-0.15, -0.1) is 5.10 Å². The van der Waals surface area contributed by atoms with Gasteiger partial charge in [-0.25, -0.2) is 13.5 Å². The number of hydrogen-bond acceptors (Lipinski definition) is 7. The van der Waals surface area contributed by atoms with Crippen molar-refractivity contribution < 1.29 is 23.1 Å². The molecule has 0 radical (unpaired) electrons. The third-order valence-corrected chi connectivity index (χ3v) is 4.93. The number of aromatic nitrogens is 4. The number of hydrogen-bond donors (Lipinski definition) is 2. The number of rotatable bonds is 9. The highest BCUT2D eigenvalue weighted by Gasteiger charge is 2.12. The molecule has 162 valence electrons. The number of nitrogens with one attached hydrogen (secondary N) is 2. The number of benzene rings is 2. The molecular formula is C19H18F2N6O3S. The molecule has 0 saturated heterocycles. The van der Waals surface area contributed by atoms with Crippen LogP contribution >= 0.6 is 11.8 Å². The van der Waals surface area contributed by atoms with Gasteiger partial charge in [0.25, 0.3) is 0 Å². The minimum absolute atomic E-state index is 0.0125. The van der Waals surface area contributed by atoms with Crippen LogP contribution in [0, 0.1) is 11.6 Å². The highest BCUT2D eigenvalue weighted by molar-refractivity contribution is 7.99. The number of methoxy groups -OCH3 is 1. The Morgan fingerprint density at radius 2 is 1.87 bits per heavy atom. The summed E-state index contributed by atoms with van der Waals surface area (Å²) in [5.74, 6) is -2.36. The van der Waals surface area contributed by atoms with Crippen LogP contribution in [0.1, 0.15) is 5.56 Å². The van der Waals surface area contributed by atoms with Gasteiger partial charge in [-0.1, -0.05) is 23.9 Å². The Bertz CT molecular complexity index is 1060. The van der Waals surface area contributed by atoms with E-state index in [-0.39, 0.29) is 18.0 Å². The zero-order valence-corrected chi connectivity index (χ0v) is 17.2. The number of carbonyl (C=O) groups excluding carboxylic acids is 2. The van der Waals surface area contributed by atoms with E-state index < -0.39 is 23.4 Å². The molecule has 0 saturated carbocycles. The lowest BCUT2D eigenvalue weighted by atomic mass is 10.2. The largest absolute Gasteiger partial charge is 0.497 e. The number of halogens is 2. The number of ether oxygens (including phenoxy) is 1. The monoisotopic (exact) mass is 448 g/mol. The van der Waals surface area contributed by atoms with Crippen LogP contribution in [0.3, 0.4) is 0 Å². The number of tetrazole rings is 1. The van der Waals surface area contributed by atoms with Crippen molar-refractivity contribution in [3.8, 4) is 5.75 Å². The van der Waals surface area contributed by atoms with E-state index in [1.54, 1.807) is 11.8 Å². The van der Waals surface area contributed by atoms with Crippen molar-refractivity contribution in [2.45, 2.75) is 11.7 Å². The summed E-state index contributed by atoms with van der Waals surface area (Å²) < 4.78 is 32.7. The highest BCUT2D eigenvalue weighted by atomic mass is 32.2. The van der Waals surface area contributed by atoms with Gasteiger partial charge < -0.3 is 15.4 Å². The average molecular weight is 448 g/mol. The van der Waals surface area contributed by atoms with Crippen molar-refractivity contribution >= 4 is 29.3 Å². The first-order valence-electron chi connectivity index (χ1n) is 8.98. The molecule has 0 spiro atoms. The first-order valence-corrected chi connectivity index (χ1v) is 9.96. The van der Waals surface area contributed by atoms with E-state index in [0.29, 0.717) is 11.7 Å². The van der Waals surface area contributed by atoms with Gasteiger partial charge in [0.15, 0.2) is 11.6 Å². The molecule has 0 bridgehead atoms. The Balaban J connectivity index is 1.45. The zero-order chi connectivity index (χ0) is 22.2. The smallest absolute Gasteiger partial charge is 0.243 e. The van der Waals surface area contributed by atoms with E-state index >= 15 is 0 Å². The average Bonchev–Trinajstić information content (AvgIpc) is 3.21. The molecule has 1 aromatic heterocycles. The number of anilines is 1. The molecule has 0 aliphatic rings. The maximum Gasteiger partial charge on any atom is 0.243 e. The van der Waals surface area contributed by atoms with E-state index in [0.717, 1.165) is 35.2 Å². The second-order valence-corrected chi connectivity index (χ2v) is 7.15. The molecule has 0 aliphatic carbocycles. The lowest BCUT2D eigenvalue weighted by molar-refractivity contribution is -0.122. The van der Waals surface area contributed by atoms with Crippen LogP contribution in [-0.4, -0.2) is 51.4 Å². The number of amides is 2. The molecule has 0 aliphatic heterocycles. The van der Waals surface area contributed by atoms with E-state index in [4.69, 9.17) is 4.74 Å². The van der Waals surface area contributed by atoms with Crippen LogP contribution in [0.4, 0.5) is 14.5 Å². The summed E-state index contributed by atoms with van der Waals surface area (Å²) in [7, 11) is 1.59. The molecule has 0 fully saturated rings. The third kappa shape index (κ3) is 6.47. The first-order chi connectivity index (χ1) is 14.9. The molecule has 31 heavy (non-hydrogen) atoms. The highest BCUT2D eigenvalue weighted by Crippen LogP contribution is 2.17. The molecule has 12 heteroatoms. The van der Waals surface area contributed by atoms with Crippen molar-refractivity contribution in [2.24, 2.45) is 0 Å². The fourth-order valence-corrected chi connectivity index (χ4v) is 3.15. The van der Waals surface area contributed by atoms with Gasteiger partial charge in [-0.05, 0) is 40.3 Å². The van der Waals surface area contributed by atoms with Gasteiger partial charge in [0.2, 0.25) is 17.0 Å². The topological polar surface area (TPSA) is 111 Å². The third-order valence-electron chi connectivity index (χ3n) is 3.97. The van der Waals surface area contributed by atoms with Crippen molar-refractivity contribution in [1.82, 2.24) is 25.5 Å². The molecule has 9 nitrogen and oxygen atoms in total. The van der Waals surface area contributed by atoms with Gasteiger partial charge in [-0.2, -0.15) is 0 Å². The van der Waals surface area contributed by atoms with E-state index in [1.165, 1.54) is 6.07 Å². The van der Waals surface area contributed by atoms with Crippen molar-refractivity contribution in [1.29, 1.82) is 0 Å². The van der Waals surface area contributed by atoms with Crippen molar-refractivity contribution in [3.05, 3.63) is 59.7 Å². The summed E-state index contributed by atoms with van der Waals surface area (Å²) in [6, 6.07) is 10.4. The summed E-state index contributed by atoms with van der Waals surface area (Å²) in [6.07, 6.45) is 0. The Kier molecular flexibility index (Phi) is 7.49. The SMILES string of the molecule is COc1ccc(Cn2nnnc2SCC(=O)NCC(=O)Nc2ccc(F)c(F)c2)cc1. The zero-order valence-electron chi connectivity index (χ0n) is 16.3. The van der Waals surface area contributed by atoms with E-state index in [2.05, 4.69) is 26.2 Å². The lowest BCUT2D eigenvalue weighted by Crippen LogP contribution is -2.34. The van der Waals surface area contributed by atoms with Crippen molar-refractivity contribution in [3.63, 3.8) is 0 Å². The Morgan fingerprint density at radius 3 is 2.58 bits per heavy atom. The van der Waals surface area contributed by atoms with Gasteiger partial charge in [-0.3, -0.25) is 9.59 Å². The van der Waals surface area contributed by atoms with Gasteiger partial charge >= 0.3 is 0 Å². The quantitative estimate of drug-likeness (QED) is 0.481. The molecule has 2 N–H and O–H groups in total. The normalized spacial score (nSPS) is 10.5. The second-order valence-electron chi connectivity index (χ2n) is 6.21. The molecule has 1 heterocycles. The molecule has 3 rings (SSSR count). The minimum atomic E-state index is -1.08. The van der Waals surface area contributed by atoms with Crippen LogP contribution in [0.2, 0.25) is 0 Å². The van der Waals surface area contributed by atoms with Crippen molar-refractivity contribution in [2.75, 3.05) is 24.7 Å². The minimum Gasteiger partial charge on any atom is -0.497 e. The first kappa shape index (κ1) is 22.2. The predicted molar refractivity (Wildman–Crippen MR) is 109 cm³/mol. The number of carbonyl (C=O) groups is 2. The van der Waals surface area contributed by atoms with E-state index in [1.807, 2.05) is 24.3 Å². The van der Waals surface area contributed by atoms with Crippen LogP contribution in [0.15, 0.2) is 47.6 Å². The standard InChI is InChI=1S/C19H18F2N6O3S/c1-30-14-5-2-12(3-6-14)10-27-19(24-25-26-27)31-11-18(29)22-9-17(28)23-13-4-7-15(20)16(21)8-13/h2-8H,9-11H2,1H3,(H,22,29)(H,23,28). The Labute approximate surface area is 180 Å². The van der Waals surface area contributed by atoms with E-state index in [9.17, 15) is 18.4 Å². The maximum atomic E-state index is 13.2. The number of thioether (sulfide) groups is 1. The Morgan fingerprint density at radius 1 is 1.10 bits per heavy atom. The molecule has 2 amide bonds. The summed E-state index contributed by atoms with van der Waals surface area (Å²) in [6.45, 7) is 0.0900. The lowest BCUT2D eigenvalue weighted by Gasteiger charge is -2.08. The summed E-state index contributed by atoms with van der Waals surface area (Å²) in [5, 5.41) is 16.7. The maximum absolute atomic E-state index is 13.2. The van der Waals surface area contributed by atoms with Gasteiger partial charge in [0.05, 0.1) is 26.0 Å². The van der Waals surface area contributed by atoms with Crippen LogP contribution in [0.25, 0.3) is 0 Å².